The van der Waals surface area contributed by atoms with Crippen LogP contribution in [0.3, 0.4) is 0 Å². The molecule has 0 saturated carbocycles. The van der Waals surface area contributed by atoms with E-state index in [9.17, 15) is 0 Å². The number of aryl methyl sites for hydroxylation is 1. The first-order valence-corrected chi connectivity index (χ1v) is 4.40. The van der Waals surface area contributed by atoms with Crippen LogP contribution >= 0.6 is 11.6 Å². The summed E-state index contributed by atoms with van der Waals surface area (Å²) in [6.45, 7) is 0.492. The second kappa shape index (κ2) is 3.01. The van der Waals surface area contributed by atoms with E-state index in [1.165, 1.54) is 0 Å². The van der Waals surface area contributed by atoms with Crippen molar-refractivity contribution >= 4 is 22.5 Å². The number of nitrogens with zero attached hydrogens (tertiary/aromatic N) is 2. The van der Waals surface area contributed by atoms with Gasteiger partial charge in [-0.25, -0.2) is 0 Å². The Kier molecular flexibility index (Phi) is 1.98. The molecule has 0 unspecified atom stereocenters. The Morgan fingerprint density at radius 3 is 3.00 bits per heavy atom. The zero-order valence-corrected chi connectivity index (χ0v) is 8.04. The lowest BCUT2D eigenvalue weighted by Crippen LogP contribution is -1.95. The predicted octanol–water partition coefficient (Wildman–Crippen LogP) is 1.69. The molecule has 4 heteroatoms. The Hall–Kier alpha value is -1.06. The van der Waals surface area contributed by atoms with Gasteiger partial charge < -0.3 is 5.73 Å². The molecular weight excluding hydrogens is 186 g/mol. The molecule has 2 N–H and O–H groups in total. The average Bonchev–Trinajstić information content (AvgIpc) is 2.46. The summed E-state index contributed by atoms with van der Waals surface area (Å²) in [4.78, 5) is 0. The molecule has 0 amide bonds. The maximum Gasteiger partial charge on any atom is 0.0941 e. The highest BCUT2D eigenvalue weighted by atomic mass is 35.5. The van der Waals surface area contributed by atoms with E-state index < -0.39 is 0 Å². The summed E-state index contributed by atoms with van der Waals surface area (Å²) >= 11 is 6.05. The van der Waals surface area contributed by atoms with E-state index in [0.29, 0.717) is 11.6 Å². The molecule has 13 heavy (non-hydrogen) atoms. The minimum absolute atomic E-state index is 0.492. The maximum atomic E-state index is 6.05. The number of hydrogen-bond donors (Lipinski definition) is 1. The van der Waals surface area contributed by atoms with Crippen LogP contribution in [-0.4, -0.2) is 9.78 Å². The van der Waals surface area contributed by atoms with Crippen LogP contribution < -0.4 is 5.73 Å². The van der Waals surface area contributed by atoms with Gasteiger partial charge in [-0.1, -0.05) is 11.6 Å². The molecule has 1 heterocycles. The largest absolute Gasteiger partial charge is 0.326 e. The van der Waals surface area contributed by atoms with Crippen LogP contribution in [0.15, 0.2) is 18.3 Å². The minimum atomic E-state index is 0.492. The van der Waals surface area contributed by atoms with Gasteiger partial charge >= 0.3 is 0 Å². The van der Waals surface area contributed by atoms with E-state index in [1.54, 1.807) is 4.68 Å². The van der Waals surface area contributed by atoms with Crippen molar-refractivity contribution in [1.82, 2.24) is 9.78 Å². The summed E-state index contributed by atoms with van der Waals surface area (Å²) in [5, 5.41) is 5.95. The van der Waals surface area contributed by atoms with E-state index >= 15 is 0 Å². The normalized spacial score (nSPS) is 11.0. The van der Waals surface area contributed by atoms with Crippen molar-refractivity contribution < 1.29 is 0 Å². The minimum Gasteiger partial charge on any atom is -0.326 e. The average molecular weight is 196 g/mol. The van der Waals surface area contributed by atoms with E-state index in [-0.39, 0.29) is 0 Å². The van der Waals surface area contributed by atoms with Crippen LogP contribution in [0.4, 0.5) is 0 Å². The Labute approximate surface area is 81.1 Å². The van der Waals surface area contributed by atoms with E-state index in [4.69, 9.17) is 17.3 Å². The summed E-state index contributed by atoms with van der Waals surface area (Å²) in [6, 6.07) is 3.84. The van der Waals surface area contributed by atoms with Gasteiger partial charge in [0.25, 0.3) is 0 Å². The van der Waals surface area contributed by atoms with Gasteiger partial charge in [0.05, 0.1) is 10.5 Å². The number of aromatic nitrogens is 2. The number of nitrogens with two attached hydrogens (primary N) is 1. The molecule has 0 aliphatic rings. The first kappa shape index (κ1) is 8.53. The Bertz CT molecular complexity index is 447. The molecule has 0 saturated heterocycles. The van der Waals surface area contributed by atoms with Crippen molar-refractivity contribution in [2.24, 2.45) is 12.8 Å². The third-order valence-electron chi connectivity index (χ3n) is 1.98. The zero-order valence-electron chi connectivity index (χ0n) is 7.29. The van der Waals surface area contributed by atoms with Crippen molar-refractivity contribution in [3.05, 3.63) is 28.9 Å². The highest BCUT2D eigenvalue weighted by molar-refractivity contribution is 6.35. The molecular formula is C9H10ClN3. The number of hydrogen-bond acceptors (Lipinski definition) is 2. The number of halogens is 1. The van der Waals surface area contributed by atoms with Gasteiger partial charge in [0, 0.05) is 25.2 Å². The molecule has 1 aromatic carbocycles. The fraction of sp³-hybridized carbons (Fsp3) is 0.222. The highest BCUT2D eigenvalue weighted by Crippen LogP contribution is 2.23. The lowest BCUT2D eigenvalue weighted by molar-refractivity contribution is 0.779. The third-order valence-corrected chi connectivity index (χ3v) is 2.30. The highest BCUT2D eigenvalue weighted by Gasteiger charge is 2.04. The molecule has 0 radical (unpaired) electrons. The summed E-state index contributed by atoms with van der Waals surface area (Å²) in [5.41, 5.74) is 7.43. The molecule has 0 spiro atoms. The summed E-state index contributed by atoms with van der Waals surface area (Å²) < 4.78 is 1.75. The molecule has 0 fully saturated rings. The monoisotopic (exact) mass is 195 g/mol. The van der Waals surface area contributed by atoms with Gasteiger partial charge in [-0.05, 0) is 17.7 Å². The lowest BCUT2D eigenvalue weighted by atomic mass is 10.2. The first-order chi connectivity index (χ1) is 6.20. The summed E-state index contributed by atoms with van der Waals surface area (Å²) in [5.74, 6) is 0. The van der Waals surface area contributed by atoms with Crippen molar-refractivity contribution in [2.45, 2.75) is 6.54 Å². The van der Waals surface area contributed by atoms with Crippen LogP contribution in [0.1, 0.15) is 5.56 Å². The smallest absolute Gasteiger partial charge is 0.0941 e. The van der Waals surface area contributed by atoms with Gasteiger partial charge in [-0.3, -0.25) is 4.68 Å². The van der Waals surface area contributed by atoms with Crippen molar-refractivity contribution in [3.63, 3.8) is 0 Å². The molecule has 1 aromatic heterocycles. The van der Waals surface area contributed by atoms with Crippen LogP contribution in [0.5, 0.6) is 0 Å². The second-order valence-electron chi connectivity index (χ2n) is 3.02. The second-order valence-corrected chi connectivity index (χ2v) is 3.42. The standard InChI is InChI=1S/C9H10ClN3/c1-13-5-7-8(10)2-6(4-11)3-9(7)12-13/h2-3,5H,4,11H2,1H3. The van der Waals surface area contributed by atoms with Crippen LogP contribution in [0, 0.1) is 0 Å². The first-order valence-electron chi connectivity index (χ1n) is 4.02. The fourth-order valence-electron chi connectivity index (χ4n) is 1.37. The molecule has 2 aromatic rings. The Morgan fingerprint density at radius 1 is 1.54 bits per heavy atom. The summed E-state index contributed by atoms with van der Waals surface area (Å²) in [7, 11) is 1.87. The van der Waals surface area contributed by atoms with E-state index in [0.717, 1.165) is 16.5 Å². The Morgan fingerprint density at radius 2 is 2.31 bits per heavy atom. The topological polar surface area (TPSA) is 43.8 Å². The molecule has 0 aliphatic carbocycles. The van der Waals surface area contributed by atoms with Crippen LogP contribution in [-0.2, 0) is 13.6 Å². The number of benzene rings is 1. The predicted molar refractivity (Wildman–Crippen MR) is 53.6 cm³/mol. The lowest BCUT2D eigenvalue weighted by Gasteiger charge is -1.97. The molecule has 3 nitrogen and oxygen atoms in total. The number of rotatable bonds is 1. The van der Waals surface area contributed by atoms with Gasteiger partial charge in [0.2, 0.25) is 0 Å². The van der Waals surface area contributed by atoms with Gasteiger partial charge in [-0.15, -0.1) is 0 Å². The summed E-state index contributed by atoms with van der Waals surface area (Å²) in [6.07, 6.45) is 1.90. The van der Waals surface area contributed by atoms with Crippen LogP contribution in [0.2, 0.25) is 5.02 Å². The quantitative estimate of drug-likeness (QED) is 0.753. The van der Waals surface area contributed by atoms with Crippen molar-refractivity contribution in [1.29, 1.82) is 0 Å². The van der Waals surface area contributed by atoms with Crippen molar-refractivity contribution in [3.8, 4) is 0 Å². The Balaban J connectivity index is 2.75. The fourth-order valence-corrected chi connectivity index (χ4v) is 1.66. The molecule has 0 bridgehead atoms. The maximum absolute atomic E-state index is 6.05. The van der Waals surface area contributed by atoms with Gasteiger partial charge in [-0.2, -0.15) is 5.10 Å². The third kappa shape index (κ3) is 1.41. The molecule has 0 atom stereocenters. The van der Waals surface area contributed by atoms with Crippen LogP contribution in [0.25, 0.3) is 10.9 Å². The van der Waals surface area contributed by atoms with Gasteiger partial charge in [0.1, 0.15) is 0 Å². The molecule has 0 aliphatic heterocycles. The van der Waals surface area contributed by atoms with E-state index in [1.807, 2.05) is 25.4 Å². The van der Waals surface area contributed by atoms with Gasteiger partial charge in [0.15, 0.2) is 0 Å². The van der Waals surface area contributed by atoms with E-state index in [2.05, 4.69) is 5.10 Å². The molecule has 2 rings (SSSR count). The SMILES string of the molecule is Cn1cc2c(Cl)cc(CN)cc2n1. The molecule has 68 valence electrons. The number of fused-ring (bicyclic) bond motifs is 1. The van der Waals surface area contributed by atoms with Crippen molar-refractivity contribution in [2.75, 3.05) is 0 Å². The zero-order chi connectivity index (χ0) is 9.42.